The van der Waals surface area contributed by atoms with Crippen LogP contribution in [0.5, 0.6) is 0 Å². The third-order valence-corrected chi connectivity index (χ3v) is 5.65. The number of benzene rings is 2. The second-order valence-electron chi connectivity index (χ2n) is 7.48. The van der Waals surface area contributed by atoms with Crippen molar-refractivity contribution < 1.29 is 4.79 Å². The van der Waals surface area contributed by atoms with Crippen molar-refractivity contribution in [3.05, 3.63) is 71.0 Å². The summed E-state index contributed by atoms with van der Waals surface area (Å²) in [6.45, 7) is 3.76. The first kappa shape index (κ1) is 20.5. The third kappa shape index (κ3) is 5.23. The number of hydrogen-bond donors (Lipinski definition) is 0. The number of tetrazole rings is 1. The Labute approximate surface area is 181 Å². The lowest BCUT2D eigenvalue weighted by Gasteiger charge is -2.34. The number of aryl methyl sites for hydroxylation is 1. The first-order valence-electron chi connectivity index (χ1n) is 10.3. The molecule has 1 aliphatic rings. The van der Waals surface area contributed by atoms with Crippen molar-refractivity contribution in [1.29, 1.82) is 0 Å². The maximum absolute atomic E-state index is 12.5. The van der Waals surface area contributed by atoms with Gasteiger partial charge in [-0.15, -0.1) is 5.10 Å². The van der Waals surface area contributed by atoms with Crippen LogP contribution in [0.15, 0.2) is 54.6 Å². The summed E-state index contributed by atoms with van der Waals surface area (Å²) in [4.78, 5) is 16.8. The topological polar surface area (TPSA) is 67.2 Å². The lowest BCUT2D eigenvalue weighted by Crippen LogP contribution is -2.48. The summed E-state index contributed by atoms with van der Waals surface area (Å²) >= 11 is 5.97. The predicted octanol–water partition coefficient (Wildman–Crippen LogP) is 2.98. The van der Waals surface area contributed by atoms with Gasteiger partial charge in [-0.3, -0.25) is 9.69 Å². The zero-order valence-corrected chi connectivity index (χ0v) is 17.6. The first-order chi connectivity index (χ1) is 14.7. The van der Waals surface area contributed by atoms with E-state index in [9.17, 15) is 4.79 Å². The van der Waals surface area contributed by atoms with Gasteiger partial charge >= 0.3 is 0 Å². The largest absolute Gasteiger partial charge is 0.340 e. The molecule has 2 heterocycles. The van der Waals surface area contributed by atoms with Gasteiger partial charge in [0.05, 0.1) is 12.2 Å². The minimum absolute atomic E-state index is 0.247. The van der Waals surface area contributed by atoms with E-state index in [2.05, 4.69) is 32.6 Å². The molecular weight excluding hydrogens is 400 g/mol. The van der Waals surface area contributed by atoms with Crippen molar-refractivity contribution in [2.24, 2.45) is 0 Å². The van der Waals surface area contributed by atoms with Gasteiger partial charge in [0.2, 0.25) is 5.91 Å². The summed E-state index contributed by atoms with van der Waals surface area (Å²) in [5.74, 6) is 1.02. The molecule has 0 N–H and O–H groups in total. The number of piperazine rings is 1. The number of carbonyl (C=O) groups is 1. The molecule has 7 nitrogen and oxygen atoms in total. The average molecular weight is 425 g/mol. The molecule has 2 aromatic carbocycles. The van der Waals surface area contributed by atoms with Crippen LogP contribution in [0.3, 0.4) is 0 Å². The van der Waals surface area contributed by atoms with Crippen molar-refractivity contribution in [3.8, 4) is 5.69 Å². The van der Waals surface area contributed by atoms with E-state index < -0.39 is 0 Å². The van der Waals surface area contributed by atoms with Crippen LogP contribution in [0.4, 0.5) is 0 Å². The fraction of sp³-hybridized carbons (Fsp3) is 0.364. The van der Waals surface area contributed by atoms with Crippen molar-refractivity contribution in [3.63, 3.8) is 0 Å². The van der Waals surface area contributed by atoms with E-state index in [0.717, 1.165) is 50.5 Å². The van der Waals surface area contributed by atoms with Gasteiger partial charge in [0.1, 0.15) is 0 Å². The number of nitrogens with zero attached hydrogens (tertiary/aromatic N) is 6. The molecule has 0 atom stereocenters. The van der Waals surface area contributed by atoms with Crippen LogP contribution >= 0.6 is 11.6 Å². The summed E-state index contributed by atoms with van der Waals surface area (Å²) in [6, 6.07) is 17.8. The zero-order chi connectivity index (χ0) is 20.8. The second-order valence-corrected chi connectivity index (χ2v) is 7.92. The molecule has 3 aromatic rings. The maximum Gasteiger partial charge on any atom is 0.222 e. The molecular formula is C22H25ClN6O. The highest BCUT2D eigenvalue weighted by Gasteiger charge is 2.22. The Balaban J connectivity index is 1.25. The highest BCUT2D eigenvalue weighted by molar-refractivity contribution is 6.30. The second kappa shape index (κ2) is 9.82. The summed E-state index contributed by atoms with van der Waals surface area (Å²) in [7, 11) is 0. The van der Waals surface area contributed by atoms with Crippen molar-refractivity contribution in [1.82, 2.24) is 30.0 Å². The lowest BCUT2D eigenvalue weighted by molar-refractivity contribution is -0.133. The summed E-state index contributed by atoms with van der Waals surface area (Å²) in [5.41, 5.74) is 2.17. The first-order valence-corrected chi connectivity index (χ1v) is 10.6. The summed E-state index contributed by atoms with van der Waals surface area (Å²) < 4.78 is 1.73. The monoisotopic (exact) mass is 424 g/mol. The number of carbonyl (C=O) groups excluding carboxylic acids is 1. The molecule has 0 spiro atoms. The van der Waals surface area contributed by atoms with Crippen LogP contribution in [0.1, 0.15) is 24.2 Å². The lowest BCUT2D eigenvalue weighted by atomic mass is 10.1. The Morgan fingerprint density at radius 3 is 2.43 bits per heavy atom. The smallest absolute Gasteiger partial charge is 0.222 e. The number of aromatic nitrogens is 4. The summed E-state index contributed by atoms with van der Waals surface area (Å²) in [6.07, 6.45) is 2.43. The van der Waals surface area contributed by atoms with E-state index >= 15 is 0 Å². The quantitative estimate of drug-likeness (QED) is 0.583. The number of amides is 1. The molecule has 1 aliphatic heterocycles. The van der Waals surface area contributed by atoms with Gasteiger partial charge in [0.15, 0.2) is 5.82 Å². The fourth-order valence-electron chi connectivity index (χ4n) is 3.69. The minimum Gasteiger partial charge on any atom is -0.340 e. The van der Waals surface area contributed by atoms with Crippen molar-refractivity contribution in [2.45, 2.75) is 25.8 Å². The van der Waals surface area contributed by atoms with Gasteiger partial charge in [-0.1, -0.05) is 41.9 Å². The molecule has 0 radical (unpaired) electrons. The maximum atomic E-state index is 12.5. The third-order valence-electron chi connectivity index (χ3n) is 5.39. The van der Waals surface area contributed by atoms with Crippen LogP contribution in [0.25, 0.3) is 5.69 Å². The van der Waals surface area contributed by atoms with Crippen LogP contribution < -0.4 is 0 Å². The molecule has 0 saturated carbocycles. The molecule has 4 rings (SSSR count). The number of rotatable bonds is 7. The molecule has 30 heavy (non-hydrogen) atoms. The van der Waals surface area contributed by atoms with Crippen LogP contribution in [-0.2, 0) is 17.8 Å². The summed E-state index contributed by atoms with van der Waals surface area (Å²) in [5, 5.41) is 12.8. The van der Waals surface area contributed by atoms with Crippen molar-refractivity contribution >= 4 is 17.5 Å². The SMILES string of the molecule is O=C(CCCc1ccccc1)N1CCN(Cc2nnnn2-c2ccc(Cl)cc2)CC1. The average Bonchev–Trinajstić information content (AvgIpc) is 3.23. The Morgan fingerprint density at radius 2 is 1.70 bits per heavy atom. The van der Waals surface area contributed by atoms with E-state index in [0.29, 0.717) is 18.0 Å². The number of hydrogen-bond acceptors (Lipinski definition) is 5. The number of halogens is 1. The van der Waals surface area contributed by atoms with Crippen LogP contribution in [-0.4, -0.2) is 62.1 Å². The van der Waals surface area contributed by atoms with E-state index in [-0.39, 0.29) is 5.91 Å². The Hall–Kier alpha value is -2.77. The molecule has 1 aromatic heterocycles. The highest BCUT2D eigenvalue weighted by Crippen LogP contribution is 2.15. The van der Waals surface area contributed by atoms with E-state index in [4.69, 9.17) is 11.6 Å². The molecule has 1 fully saturated rings. The normalized spacial score (nSPS) is 14.8. The Kier molecular flexibility index (Phi) is 6.71. The van der Waals surface area contributed by atoms with Gasteiger partial charge in [0.25, 0.3) is 0 Å². The van der Waals surface area contributed by atoms with Gasteiger partial charge in [-0.25, -0.2) is 0 Å². The molecule has 156 valence electrons. The van der Waals surface area contributed by atoms with E-state index in [1.807, 2.05) is 47.4 Å². The van der Waals surface area contributed by atoms with Crippen molar-refractivity contribution in [2.75, 3.05) is 26.2 Å². The fourth-order valence-corrected chi connectivity index (χ4v) is 3.82. The molecule has 0 bridgehead atoms. The van der Waals surface area contributed by atoms with Gasteiger partial charge in [-0.2, -0.15) is 4.68 Å². The molecule has 8 heteroatoms. The van der Waals surface area contributed by atoms with Gasteiger partial charge < -0.3 is 4.90 Å². The Bertz CT molecular complexity index is 951. The van der Waals surface area contributed by atoms with Gasteiger partial charge in [-0.05, 0) is 53.1 Å². The molecule has 1 saturated heterocycles. The highest BCUT2D eigenvalue weighted by atomic mass is 35.5. The molecule has 0 unspecified atom stereocenters. The van der Waals surface area contributed by atoms with E-state index in [1.165, 1.54) is 5.56 Å². The van der Waals surface area contributed by atoms with E-state index in [1.54, 1.807) is 4.68 Å². The standard InChI is InChI=1S/C22H25ClN6O/c23-19-9-11-20(12-10-19)29-21(24-25-26-29)17-27-13-15-28(16-14-27)22(30)8-4-7-18-5-2-1-3-6-18/h1-3,5-6,9-12H,4,7-8,13-17H2. The minimum atomic E-state index is 0.247. The zero-order valence-electron chi connectivity index (χ0n) is 16.8. The predicted molar refractivity (Wildman–Crippen MR) is 115 cm³/mol. The van der Waals surface area contributed by atoms with Crippen LogP contribution in [0, 0.1) is 0 Å². The Morgan fingerprint density at radius 1 is 0.967 bits per heavy atom. The molecule has 1 amide bonds. The van der Waals surface area contributed by atoms with Gasteiger partial charge in [0, 0.05) is 37.6 Å². The molecule has 0 aliphatic carbocycles. The van der Waals surface area contributed by atoms with Crippen LogP contribution in [0.2, 0.25) is 5.02 Å².